The summed E-state index contributed by atoms with van der Waals surface area (Å²) in [5.41, 5.74) is 1.19. The molecule has 1 aromatic heterocycles. The van der Waals surface area contributed by atoms with Gasteiger partial charge in [-0.3, -0.25) is 0 Å². The van der Waals surface area contributed by atoms with E-state index in [-0.39, 0.29) is 5.60 Å². The molecule has 1 spiro atoms. The first-order chi connectivity index (χ1) is 9.30. The van der Waals surface area contributed by atoms with Crippen LogP contribution < -0.4 is 10.1 Å². The molecule has 3 heterocycles. The van der Waals surface area contributed by atoms with Crippen molar-refractivity contribution in [3.05, 3.63) is 18.3 Å². The predicted octanol–water partition coefficient (Wildman–Crippen LogP) is 2.56. The molecule has 3 rings (SSSR count). The van der Waals surface area contributed by atoms with Crippen molar-refractivity contribution in [1.29, 1.82) is 0 Å². The fraction of sp³-hybridized carbons (Fsp3) is 0.643. The molecule has 1 N–H and O–H groups in total. The summed E-state index contributed by atoms with van der Waals surface area (Å²) in [6.07, 6.45) is 5.20. The van der Waals surface area contributed by atoms with Gasteiger partial charge in [-0.2, -0.15) is 11.8 Å². The van der Waals surface area contributed by atoms with E-state index < -0.39 is 0 Å². The quantitative estimate of drug-likeness (QED) is 0.922. The van der Waals surface area contributed by atoms with Gasteiger partial charge in [0.05, 0.1) is 24.6 Å². The Labute approximate surface area is 118 Å². The molecule has 2 fully saturated rings. The summed E-state index contributed by atoms with van der Waals surface area (Å²) < 4.78 is 11.1. The van der Waals surface area contributed by atoms with Gasteiger partial charge in [0.1, 0.15) is 0 Å². The van der Waals surface area contributed by atoms with Crippen molar-refractivity contribution in [3.8, 4) is 5.88 Å². The van der Waals surface area contributed by atoms with Gasteiger partial charge in [0.2, 0.25) is 5.88 Å². The van der Waals surface area contributed by atoms with Crippen LogP contribution in [0.1, 0.15) is 19.3 Å². The topological polar surface area (TPSA) is 43.4 Å². The largest absolute Gasteiger partial charge is 0.481 e. The highest BCUT2D eigenvalue weighted by molar-refractivity contribution is 7.99. The average molecular weight is 280 g/mol. The smallest absolute Gasteiger partial charge is 0.213 e. The number of hydrogen-bond donors (Lipinski definition) is 1. The number of anilines is 1. The second-order valence-electron chi connectivity index (χ2n) is 5.26. The average Bonchev–Trinajstić information content (AvgIpc) is 2.88. The third-order valence-electron chi connectivity index (χ3n) is 3.88. The molecule has 2 aliphatic rings. The highest BCUT2D eigenvalue weighted by Crippen LogP contribution is 2.38. The SMILES string of the molecule is COc1ccc(NC2CCOC3(CCSC3)C2)cn1. The van der Waals surface area contributed by atoms with Gasteiger partial charge in [-0.05, 0) is 31.1 Å². The van der Waals surface area contributed by atoms with Gasteiger partial charge in [0, 0.05) is 24.5 Å². The summed E-state index contributed by atoms with van der Waals surface area (Å²) in [5.74, 6) is 3.03. The minimum absolute atomic E-state index is 0.125. The monoisotopic (exact) mass is 280 g/mol. The Morgan fingerprint density at radius 3 is 3.16 bits per heavy atom. The van der Waals surface area contributed by atoms with Gasteiger partial charge >= 0.3 is 0 Å². The van der Waals surface area contributed by atoms with E-state index in [2.05, 4.69) is 10.3 Å². The summed E-state index contributed by atoms with van der Waals surface area (Å²) >= 11 is 2.01. The van der Waals surface area contributed by atoms with Crippen LogP contribution in [0.25, 0.3) is 0 Å². The normalized spacial score (nSPS) is 30.5. The van der Waals surface area contributed by atoms with Crippen molar-refractivity contribution in [2.45, 2.75) is 30.9 Å². The lowest BCUT2D eigenvalue weighted by Crippen LogP contribution is -2.44. The van der Waals surface area contributed by atoms with Crippen LogP contribution in [0.3, 0.4) is 0 Å². The summed E-state index contributed by atoms with van der Waals surface area (Å²) in [4.78, 5) is 4.23. The van der Waals surface area contributed by atoms with Gasteiger partial charge in [0.25, 0.3) is 0 Å². The Balaban J connectivity index is 1.62. The first kappa shape index (κ1) is 13.1. The number of aromatic nitrogens is 1. The van der Waals surface area contributed by atoms with E-state index in [1.165, 1.54) is 12.2 Å². The molecule has 5 heteroatoms. The molecule has 0 aromatic carbocycles. The van der Waals surface area contributed by atoms with E-state index in [1.54, 1.807) is 7.11 Å². The fourth-order valence-corrected chi connectivity index (χ4v) is 4.21. The summed E-state index contributed by atoms with van der Waals surface area (Å²) in [6.45, 7) is 0.863. The summed E-state index contributed by atoms with van der Waals surface area (Å²) in [5, 5.41) is 3.58. The Morgan fingerprint density at radius 1 is 1.53 bits per heavy atom. The number of hydrogen-bond acceptors (Lipinski definition) is 5. The van der Waals surface area contributed by atoms with Gasteiger partial charge in [-0.15, -0.1) is 0 Å². The molecule has 2 unspecified atom stereocenters. The zero-order valence-corrected chi connectivity index (χ0v) is 12.0. The van der Waals surface area contributed by atoms with Crippen molar-refractivity contribution in [2.75, 3.05) is 30.5 Å². The second kappa shape index (κ2) is 5.59. The molecular weight excluding hydrogens is 260 g/mol. The van der Waals surface area contributed by atoms with E-state index in [9.17, 15) is 0 Å². The maximum atomic E-state index is 6.03. The van der Waals surface area contributed by atoms with Gasteiger partial charge < -0.3 is 14.8 Å². The summed E-state index contributed by atoms with van der Waals surface area (Å²) in [7, 11) is 1.63. The molecule has 4 nitrogen and oxygen atoms in total. The molecule has 0 aliphatic carbocycles. The van der Waals surface area contributed by atoms with Gasteiger partial charge in [-0.1, -0.05) is 0 Å². The molecule has 0 saturated carbocycles. The van der Waals surface area contributed by atoms with Crippen LogP contribution in [0.5, 0.6) is 5.88 Å². The van der Waals surface area contributed by atoms with E-state index in [0.29, 0.717) is 11.9 Å². The van der Waals surface area contributed by atoms with Crippen molar-refractivity contribution >= 4 is 17.4 Å². The van der Waals surface area contributed by atoms with E-state index >= 15 is 0 Å². The molecule has 0 radical (unpaired) electrons. The van der Waals surface area contributed by atoms with E-state index in [4.69, 9.17) is 9.47 Å². The lowest BCUT2D eigenvalue weighted by Gasteiger charge is -2.38. The minimum atomic E-state index is 0.125. The molecule has 2 aliphatic heterocycles. The fourth-order valence-electron chi connectivity index (χ4n) is 2.84. The van der Waals surface area contributed by atoms with Gasteiger partial charge in [-0.25, -0.2) is 4.98 Å². The zero-order valence-electron chi connectivity index (χ0n) is 11.2. The van der Waals surface area contributed by atoms with Crippen LogP contribution in [-0.4, -0.2) is 41.8 Å². The number of nitrogens with one attached hydrogen (secondary N) is 1. The highest BCUT2D eigenvalue weighted by atomic mass is 32.2. The number of thioether (sulfide) groups is 1. The molecule has 2 saturated heterocycles. The number of methoxy groups -OCH3 is 1. The first-order valence-corrected chi connectivity index (χ1v) is 7.93. The van der Waals surface area contributed by atoms with Crippen LogP contribution in [0.15, 0.2) is 18.3 Å². The van der Waals surface area contributed by atoms with Crippen LogP contribution in [0, 0.1) is 0 Å². The molecule has 0 bridgehead atoms. The Morgan fingerprint density at radius 2 is 2.47 bits per heavy atom. The Bertz CT molecular complexity index is 418. The lowest BCUT2D eigenvalue weighted by atomic mass is 9.90. The van der Waals surface area contributed by atoms with Crippen molar-refractivity contribution < 1.29 is 9.47 Å². The Hall–Kier alpha value is -0.940. The van der Waals surface area contributed by atoms with Crippen LogP contribution in [0.2, 0.25) is 0 Å². The van der Waals surface area contributed by atoms with Crippen LogP contribution in [-0.2, 0) is 4.74 Å². The van der Waals surface area contributed by atoms with Crippen molar-refractivity contribution in [3.63, 3.8) is 0 Å². The third kappa shape index (κ3) is 2.98. The minimum Gasteiger partial charge on any atom is -0.481 e. The molecule has 0 amide bonds. The van der Waals surface area contributed by atoms with Crippen LogP contribution >= 0.6 is 11.8 Å². The molecule has 19 heavy (non-hydrogen) atoms. The van der Waals surface area contributed by atoms with E-state index in [0.717, 1.165) is 30.9 Å². The van der Waals surface area contributed by atoms with Crippen LogP contribution in [0.4, 0.5) is 5.69 Å². The Kier molecular flexibility index (Phi) is 3.84. The lowest BCUT2D eigenvalue weighted by molar-refractivity contribution is -0.0628. The maximum Gasteiger partial charge on any atom is 0.213 e. The number of nitrogens with zero attached hydrogens (tertiary/aromatic N) is 1. The molecule has 2 atom stereocenters. The van der Waals surface area contributed by atoms with E-state index in [1.807, 2.05) is 30.1 Å². The number of pyridine rings is 1. The van der Waals surface area contributed by atoms with Crippen molar-refractivity contribution in [2.24, 2.45) is 0 Å². The number of rotatable bonds is 3. The maximum absolute atomic E-state index is 6.03. The first-order valence-electron chi connectivity index (χ1n) is 6.78. The van der Waals surface area contributed by atoms with Gasteiger partial charge in [0.15, 0.2) is 0 Å². The highest BCUT2D eigenvalue weighted by Gasteiger charge is 2.40. The van der Waals surface area contributed by atoms with Crippen molar-refractivity contribution in [1.82, 2.24) is 4.98 Å². The second-order valence-corrected chi connectivity index (χ2v) is 6.36. The standard InChI is InChI=1S/C14H20N2O2S/c1-17-13-3-2-12(9-15-13)16-11-4-6-18-14(8-11)5-7-19-10-14/h2-3,9,11,16H,4-8,10H2,1H3. The third-order valence-corrected chi connectivity index (χ3v) is 5.10. The number of ether oxygens (including phenoxy) is 2. The zero-order chi connectivity index (χ0) is 13.1. The molecule has 1 aromatic rings. The molecule has 104 valence electrons. The predicted molar refractivity (Wildman–Crippen MR) is 78.1 cm³/mol. The summed E-state index contributed by atoms with van der Waals surface area (Å²) in [6, 6.07) is 4.41. The molecular formula is C14H20N2O2S.